The lowest BCUT2D eigenvalue weighted by atomic mass is 10.1. The number of nitrogens with zero attached hydrogens (tertiary/aromatic N) is 3. The molecule has 0 saturated heterocycles. The standard InChI is InChI=1S/C15H28N4/c1-6-13(7-2)19(10-12(4)5)15-9-14(16-8-3)17-11-18-15/h9,11-13H,6-8,10H2,1-5H3,(H,16,17,18). The van der Waals surface area contributed by atoms with Crippen molar-refractivity contribution in [2.45, 2.75) is 53.5 Å². The molecule has 1 N–H and O–H groups in total. The summed E-state index contributed by atoms with van der Waals surface area (Å²) in [6.07, 6.45) is 3.94. The molecule has 108 valence electrons. The molecule has 0 saturated carbocycles. The van der Waals surface area contributed by atoms with Crippen molar-refractivity contribution in [2.75, 3.05) is 23.3 Å². The molecule has 1 heterocycles. The van der Waals surface area contributed by atoms with Crippen LogP contribution in [0.15, 0.2) is 12.4 Å². The predicted molar refractivity (Wildman–Crippen MR) is 82.7 cm³/mol. The fraction of sp³-hybridized carbons (Fsp3) is 0.733. The van der Waals surface area contributed by atoms with E-state index in [4.69, 9.17) is 0 Å². The van der Waals surface area contributed by atoms with Crippen molar-refractivity contribution in [3.63, 3.8) is 0 Å². The minimum Gasteiger partial charge on any atom is -0.370 e. The summed E-state index contributed by atoms with van der Waals surface area (Å²) in [6, 6.07) is 2.61. The first-order chi connectivity index (χ1) is 9.12. The molecule has 0 aliphatic carbocycles. The lowest BCUT2D eigenvalue weighted by molar-refractivity contribution is 0.503. The van der Waals surface area contributed by atoms with E-state index in [2.05, 4.69) is 60.9 Å². The fourth-order valence-electron chi connectivity index (χ4n) is 2.33. The monoisotopic (exact) mass is 264 g/mol. The molecule has 0 spiro atoms. The van der Waals surface area contributed by atoms with Gasteiger partial charge in [0, 0.05) is 25.2 Å². The third-order valence-corrected chi connectivity index (χ3v) is 3.25. The van der Waals surface area contributed by atoms with Gasteiger partial charge in [0.15, 0.2) is 0 Å². The highest BCUT2D eigenvalue weighted by molar-refractivity contribution is 5.49. The van der Waals surface area contributed by atoms with Crippen LogP contribution >= 0.6 is 0 Å². The van der Waals surface area contributed by atoms with E-state index in [0.717, 1.165) is 37.6 Å². The lowest BCUT2D eigenvalue weighted by Crippen LogP contribution is -2.38. The van der Waals surface area contributed by atoms with Gasteiger partial charge in [-0.15, -0.1) is 0 Å². The molecule has 1 rings (SSSR count). The molecule has 4 nitrogen and oxygen atoms in total. The lowest BCUT2D eigenvalue weighted by Gasteiger charge is -2.33. The van der Waals surface area contributed by atoms with Crippen LogP contribution < -0.4 is 10.2 Å². The van der Waals surface area contributed by atoms with Gasteiger partial charge in [-0.05, 0) is 25.7 Å². The minimum absolute atomic E-state index is 0.548. The summed E-state index contributed by atoms with van der Waals surface area (Å²) in [5.41, 5.74) is 0. The first kappa shape index (κ1) is 15.7. The largest absolute Gasteiger partial charge is 0.370 e. The molecule has 0 aliphatic heterocycles. The van der Waals surface area contributed by atoms with Gasteiger partial charge in [0.25, 0.3) is 0 Å². The molecule has 4 heteroatoms. The van der Waals surface area contributed by atoms with Crippen molar-refractivity contribution in [3.05, 3.63) is 12.4 Å². The third kappa shape index (κ3) is 4.69. The zero-order chi connectivity index (χ0) is 14.3. The molecular formula is C15H28N4. The van der Waals surface area contributed by atoms with Crippen LogP contribution in [0, 0.1) is 5.92 Å². The van der Waals surface area contributed by atoms with Crippen LogP contribution in [0.5, 0.6) is 0 Å². The Morgan fingerprint density at radius 1 is 1.16 bits per heavy atom. The highest BCUT2D eigenvalue weighted by Crippen LogP contribution is 2.21. The van der Waals surface area contributed by atoms with Gasteiger partial charge in [0.05, 0.1) is 0 Å². The quantitative estimate of drug-likeness (QED) is 0.779. The summed E-state index contributed by atoms with van der Waals surface area (Å²) in [5, 5.41) is 3.25. The normalized spacial score (nSPS) is 11.1. The van der Waals surface area contributed by atoms with Gasteiger partial charge < -0.3 is 10.2 Å². The summed E-state index contributed by atoms with van der Waals surface area (Å²) >= 11 is 0. The maximum absolute atomic E-state index is 4.47. The van der Waals surface area contributed by atoms with E-state index in [1.54, 1.807) is 6.33 Å². The van der Waals surface area contributed by atoms with Crippen LogP contribution in [-0.4, -0.2) is 29.1 Å². The molecule has 0 unspecified atom stereocenters. The summed E-state index contributed by atoms with van der Waals surface area (Å²) < 4.78 is 0. The molecule has 19 heavy (non-hydrogen) atoms. The number of hydrogen-bond acceptors (Lipinski definition) is 4. The second kappa shape index (κ2) is 7.97. The van der Waals surface area contributed by atoms with Gasteiger partial charge in [-0.1, -0.05) is 27.7 Å². The summed E-state index contributed by atoms with van der Waals surface area (Å²) in [7, 11) is 0. The van der Waals surface area contributed by atoms with Gasteiger partial charge in [-0.25, -0.2) is 9.97 Å². The molecule has 0 bridgehead atoms. The minimum atomic E-state index is 0.548. The van der Waals surface area contributed by atoms with Gasteiger partial charge in [-0.3, -0.25) is 0 Å². The average molecular weight is 264 g/mol. The molecule has 0 radical (unpaired) electrons. The number of anilines is 2. The Morgan fingerprint density at radius 3 is 2.37 bits per heavy atom. The Morgan fingerprint density at radius 2 is 1.84 bits per heavy atom. The van der Waals surface area contributed by atoms with Crippen LogP contribution in [0.2, 0.25) is 0 Å². The fourth-order valence-corrected chi connectivity index (χ4v) is 2.33. The topological polar surface area (TPSA) is 41.0 Å². The highest BCUT2D eigenvalue weighted by Gasteiger charge is 2.18. The SMILES string of the molecule is CCNc1cc(N(CC(C)C)C(CC)CC)ncn1. The Balaban J connectivity index is 2.98. The smallest absolute Gasteiger partial charge is 0.134 e. The zero-order valence-corrected chi connectivity index (χ0v) is 13.0. The Hall–Kier alpha value is -1.32. The molecule has 0 aromatic carbocycles. The van der Waals surface area contributed by atoms with Crippen LogP contribution in [0.4, 0.5) is 11.6 Å². The van der Waals surface area contributed by atoms with Gasteiger partial charge in [0.1, 0.15) is 18.0 Å². The van der Waals surface area contributed by atoms with Crippen molar-refractivity contribution in [3.8, 4) is 0 Å². The number of hydrogen-bond donors (Lipinski definition) is 1. The van der Waals surface area contributed by atoms with Crippen LogP contribution in [-0.2, 0) is 0 Å². The van der Waals surface area contributed by atoms with Gasteiger partial charge in [0.2, 0.25) is 0 Å². The first-order valence-electron chi connectivity index (χ1n) is 7.44. The maximum Gasteiger partial charge on any atom is 0.134 e. The molecular weight excluding hydrogens is 236 g/mol. The van der Waals surface area contributed by atoms with E-state index in [9.17, 15) is 0 Å². The van der Waals surface area contributed by atoms with Crippen LogP contribution in [0.3, 0.4) is 0 Å². The molecule has 1 aromatic rings. The van der Waals surface area contributed by atoms with Crippen LogP contribution in [0.25, 0.3) is 0 Å². The molecule has 0 aliphatic rings. The van der Waals surface area contributed by atoms with E-state index in [-0.39, 0.29) is 0 Å². The number of rotatable bonds is 8. The number of nitrogens with one attached hydrogen (secondary N) is 1. The molecule has 1 aromatic heterocycles. The van der Waals surface area contributed by atoms with Crippen molar-refractivity contribution >= 4 is 11.6 Å². The van der Waals surface area contributed by atoms with Crippen molar-refractivity contribution in [1.82, 2.24) is 9.97 Å². The van der Waals surface area contributed by atoms with E-state index < -0.39 is 0 Å². The van der Waals surface area contributed by atoms with Crippen molar-refractivity contribution in [1.29, 1.82) is 0 Å². The average Bonchev–Trinajstić information content (AvgIpc) is 2.39. The summed E-state index contributed by atoms with van der Waals surface area (Å²) in [5.74, 6) is 2.57. The van der Waals surface area contributed by atoms with Gasteiger partial charge >= 0.3 is 0 Å². The summed E-state index contributed by atoms with van der Waals surface area (Å²) in [4.78, 5) is 11.1. The Kier molecular flexibility index (Phi) is 6.60. The van der Waals surface area contributed by atoms with E-state index in [0.29, 0.717) is 12.0 Å². The Bertz CT molecular complexity index is 361. The second-order valence-corrected chi connectivity index (χ2v) is 5.31. The highest BCUT2D eigenvalue weighted by atomic mass is 15.2. The first-order valence-corrected chi connectivity index (χ1v) is 7.44. The van der Waals surface area contributed by atoms with Crippen molar-refractivity contribution < 1.29 is 0 Å². The third-order valence-electron chi connectivity index (χ3n) is 3.25. The van der Waals surface area contributed by atoms with Gasteiger partial charge in [-0.2, -0.15) is 0 Å². The molecule has 0 atom stereocenters. The summed E-state index contributed by atoms with van der Waals surface area (Å²) in [6.45, 7) is 13.0. The van der Waals surface area contributed by atoms with E-state index in [1.165, 1.54) is 0 Å². The Labute approximate surface area is 117 Å². The van der Waals surface area contributed by atoms with E-state index in [1.807, 2.05) is 0 Å². The molecule has 0 amide bonds. The van der Waals surface area contributed by atoms with E-state index >= 15 is 0 Å². The number of aromatic nitrogens is 2. The second-order valence-electron chi connectivity index (χ2n) is 5.31. The predicted octanol–water partition coefficient (Wildman–Crippen LogP) is 3.56. The zero-order valence-electron chi connectivity index (χ0n) is 13.0. The van der Waals surface area contributed by atoms with Crippen molar-refractivity contribution in [2.24, 2.45) is 5.92 Å². The van der Waals surface area contributed by atoms with Crippen LogP contribution in [0.1, 0.15) is 47.5 Å². The molecule has 0 fully saturated rings. The maximum atomic E-state index is 4.47.